The maximum Gasteiger partial charge on any atom is 0.434 e. The molecule has 5 rings (SSSR count). The first-order valence-electron chi connectivity index (χ1n) is 9.13. The van der Waals surface area contributed by atoms with Gasteiger partial charge in [-0.25, -0.2) is 19.9 Å². The van der Waals surface area contributed by atoms with Gasteiger partial charge in [-0.1, -0.05) is 0 Å². The fourth-order valence-electron chi connectivity index (χ4n) is 3.89. The van der Waals surface area contributed by atoms with E-state index in [0.717, 1.165) is 57.2 Å². The number of nitrogens with one attached hydrogen (secondary N) is 1. The van der Waals surface area contributed by atoms with Gasteiger partial charge in [-0.05, 0) is 24.3 Å². The zero-order valence-electron chi connectivity index (χ0n) is 14.9. The first kappa shape index (κ1) is 17.4. The van der Waals surface area contributed by atoms with Crippen molar-refractivity contribution in [3.8, 4) is 11.5 Å². The lowest BCUT2D eigenvalue weighted by atomic mass is 9.73. The summed E-state index contributed by atoms with van der Waals surface area (Å²) in [6.45, 7) is 3.97. The van der Waals surface area contributed by atoms with Crippen LogP contribution in [0.15, 0.2) is 30.9 Å². The predicted molar refractivity (Wildman–Crippen MR) is 95.8 cm³/mol. The fourth-order valence-corrected chi connectivity index (χ4v) is 3.89. The van der Waals surface area contributed by atoms with Crippen molar-refractivity contribution in [3.05, 3.63) is 36.5 Å². The van der Waals surface area contributed by atoms with E-state index in [1.807, 2.05) is 6.07 Å². The van der Waals surface area contributed by atoms with Crippen LogP contribution in [0.25, 0.3) is 17.2 Å². The van der Waals surface area contributed by atoms with Gasteiger partial charge in [-0.2, -0.15) is 13.2 Å². The third-order valence-corrected chi connectivity index (χ3v) is 5.70. The minimum Gasteiger partial charge on any atom is -0.356 e. The average Bonchev–Trinajstić information content (AvgIpc) is 3.09. The molecule has 10 heteroatoms. The van der Waals surface area contributed by atoms with Crippen LogP contribution in [0.5, 0.6) is 0 Å². The van der Waals surface area contributed by atoms with Gasteiger partial charge in [-0.3, -0.25) is 4.40 Å². The van der Waals surface area contributed by atoms with E-state index in [0.29, 0.717) is 22.6 Å². The molecule has 0 saturated carbocycles. The molecule has 2 fully saturated rings. The first-order valence-corrected chi connectivity index (χ1v) is 9.13. The minimum absolute atomic E-state index is 0.314. The molecule has 5 heterocycles. The lowest BCUT2D eigenvalue weighted by Gasteiger charge is -2.48. The van der Waals surface area contributed by atoms with Crippen molar-refractivity contribution >= 4 is 11.5 Å². The molecular weight excluding hydrogens is 371 g/mol. The molecule has 0 atom stereocenters. The van der Waals surface area contributed by atoms with Crippen LogP contribution in [0, 0.1) is 5.41 Å². The average molecular weight is 389 g/mol. The molecule has 1 N–H and O–H groups in total. The summed E-state index contributed by atoms with van der Waals surface area (Å²) in [7, 11) is 0. The maximum atomic E-state index is 13.0. The van der Waals surface area contributed by atoms with Gasteiger partial charge in [0.25, 0.3) is 0 Å². The van der Waals surface area contributed by atoms with E-state index in [2.05, 4.69) is 30.2 Å². The summed E-state index contributed by atoms with van der Waals surface area (Å²) in [6.07, 6.45) is 2.83. The quantitative estimate of drug-likeness (QED) is 0.726. The highest BCUT2D eigenvalue weighted by molar-refractivity contribution is 5.58. The Balaban J connectivity index is 1.46. The van der Waals surface area contributed by atoms with E-state index in [1.165, 1.54) is 10.6 Å². The highest BCUT2D eigenvalue weighted by atomic mass is 19.4. The molecular formula is C18H18F3N7. The zero-order chi connectivity index (χ0) is 19.4. The standard InChI is InChI=1S/C18H18F3N7/c19-18(20,21)13-9-28-12(7-25-15(28)8-24-13)16-23-4-1-14(26-16)27-5-2-17(3-6-27)10-22-11-17/h1,4,7-9,22H,2-3,5-6,10-11H2. The summed E-state index contributed by atoms with van der Waals surface area (Å²) >= 11 is 0. The second-order valence-corrected chi connectivity index (χ2v) is 7.47. The Morgan fingerprint density at radius 3 is 2.50 bits per heavy atom. The summed E-state index contributed by atoms with van der Waals surface area (Å²) in [5, 5.41) is 3.35. The number of nitrogens with zero attached hydrogens (tertiary/aromatic N) is 6. The molecule has 0 bridgehead atoms. The van der Waals surface area contributed by atoms with Gasteiger partial charge in [-0.15, -0.1) is 0 Å². The zero-order valence-corrected chi connectivity index (χ0v) is 14.9. The van der Waals surface area contributed by atoms with Gasteiger partial charge in [0.05, 0.1) is 12.4 Å². The number of fused-ring (bicyclic) bond motifs is 1. The summed E-state index contributed by atoms with van der Waals surface area (Å²) in [5.41, 5.74) is 0.163. The first-order chi connectivity index (χ1) is 13.4. The smallest absolute Gasteiger partial charge is 0.356 e. The van der Waals surface area contributed by atoms with Crippen LogP contribution in [0.3, 0.4) is 0 Å². The van der Waals surface area contributed by atoms with Crippen LogP contribution >= 0.6 is 0 Å². The topological polar surface area (TPSA) is 71.2 Å². The number of hydrogen-bond donors (Lipinski definition) is 1. The fraction of sp³-hybridized carbons (Fsp3) is 0.444. The molecule has 0 aliphatic carbocycles. The monoisotopic (exact) mass is 389 g/mol. The van der Waals surface area contributed by atoms with Gasteiger partial charge in [0.15, 0.2) is 17.2 Å². The van der Waals surface area contributed by atoms with Crippen molar-refractivity contribution in [1.29, 1.82) is 0 Å². The second kappa shape index (κ2) is 6.13. The molecule has 2 saturated heterocycles. The summed E-state index contributed by atoms with van der Waals surface area (Å²) in [6, 6.07) is 1.84. The molecule has 3 aromatic heterocycles. The Labute approximate surface area is 158 Å². The Hall–Kier alpha value is -2.75. The van der Waals surface area contributed by atoms with Gasteiger partial charge in [0.2, 0.25) is 0 Å². The van der Waals surface area contributed by atoms with Gasteiger partial charge in [0, 0.05) is 38.6 Å². The Kier molecular flexibility index (Phi) is 3.80. The summed E-state index contributed by atoms with van der Waals surface area (Å²) in [4.78, 5) is 18.7. The van der Waals surface area contributed by atoms with Crippen LogP contribution in [0.1, 0.15) is 18.5 Å². The maximum absolute atomic E-state index is 13.0. The third kappa shape index (κ3) is 2.88. The largest absolute Gasteiger partial charge is 0.434 e. The second-order valence-electron chi connectivity index (χ2n) is 7.47. The van der Waals surface area contributed by atoms with Gasteiger partial charge >= 0.3 is 6.18 Å². The molecule has 0 aromatic carbocycles. The molecule has 0 radical (unpaired) electrons. The van der Waals surface area contributed by atoms with Crippen molar-refractivity contribution in [2.24, 2.45) is 5.41 Å². The van der Waals surface area contributed by atoms with Crippen LogP contribution in [0.2, 0.25) is 0 Å². The number of alkyl halides is 3. The summed E-state index contributed by atoms with van der Waals surface area (Å²) in [5.74, 6) is 1.13. The van der Waals surface area contributed by atoms with Crippen molar-refractivity contribution in [1.82, 2.24) is 29.7 Å². The predicted octanol–water partition coefficient (Wildman–Crippen LogP) is 2.39. The van der Waals surface area contributed by atoms with Crippen LogP contribution in [0.4, 0.5) is 19.0 Å². The van der Waals surface area contributed by atoms with Crippen LogP contribution in [-0.2, 0) is 6.18 Å². The van der Waals surface area contributed by atoms with Crippen molar-refractivity contribution < 1.29 is 13.2 Å². The SMILES string of the molecule is FC(F)(F)c1cn2c(-c3nccc(N4CCC5(CC4)CNC5)n3)cnc2cn1. The number of piperidine rings is 1. The molecule has 28 heavy (non-hydrogen) atoms. The minimum atomic E-state index is -4.53. The lowest BCUT2D eigenvalue weighted by Crippen LogP contribution is -2.58. The Morgan fingerprint density at radius 2 is 1.82 bits per heavy atom. The number of halogens is 3. The number of aromatic nitrogens is 5. The van der Waals surface area contributed by atoms with E-state index < -0.39 is 11.9 Å². The molecule has 2 aliphatic rings. The molecule has 1 spiro atoms. The van der Waals surface area contributed by atoms with E-state index in [1.54, 1.807) is 6.20 Å². The normalized spacial score (nSPS) is 19.2. The molecule has 7 nitrogen and oxygen atoms in total. The van der Waals surface area contributed by atoms with Crippen molar-refractivity contribution in [2.75, 3.05) is 31.1 Å². The highest BCUT2D eigenvalue weighted by Crippen LogP contribution is 2.36. The molecule has 0 amide bonds. The molecule has 146 valence electrons. The number of imidazole rings is 1. The van der Waals surface area contributed by atoms with Crippen molar-refractivity contribution in [3.63, 3.8) is 0 Å². The van der Waals surface area contributed by atoms with Crippen molar-refractivity contribution in [2.45, 2.75) is 19.0 Å². The van der Waals surface area contributed by atoms with Gasteiger partial charge < -0.3 is 10.2 Å². The van der Waals surface area contributed by atoms with E-state index in [9.17, 15) is 13.2 Å². The lowest BCUT2D eigenvalue weighted by molar-refractivity contribution is -0.141. The van der Waals surface area contributed by atoms with Gasteiger partial charge in [0.1, 0.15) is 11.5 Å². The van der Waals surface area contributed by atoms with Crippen LogP contribution in [-0.4, -0.2) is 50.5 Å². The third-order valence-electron chi connectivity index (χ3n) is 5.70. The van der Waals surface area contributed by atoms with E-state index in [-0.39, 0.29) is 0 Å². The Morgan fingerprint density at radius 1 is 1.04 bits per heavy atom. The van der Waals surface area contributed by atoms with E-state index in [4.69, 9.17) is 0 Å². The number of hydrogen-bond acceptors (Lipinski definition) is 6. The molecule has 3 aromatic rings. The van der Waals surface area contributed by atoms with Crippen LogP contribution < -0.4 is 10.2 Å². The Bertz CT molecular complexity index is 1020. The number of anilines is 1. The summed E-state index contributed by atoms with van der Waals surface area (Å²) < 4.78 is 40.4. The highest BCUT2D eigenvalue weighted by Gasteiger charge is 2.40. The molecule has 2 aliphatic heterocycles. The number of rotatable bonds is 2. The molecule has 0 unspecified atom stereocenters. The van der Waals surface area contributed by atoms with E-state index >= 15 is 0 Å².